The Kier molecular flexibility index (Phi) is 13.2. The number of urea groups is 1. The molecule has 0 bridgehead atoms. The number of anilines is 2. The van der Waals surface area contributed by atoms with Gasteiger partial charge in [0.15, 0.2) is 5.76 Å². The highest BCUT2D eigenvalue weighted by atomic mass is 16.5. The fraction of sp³-hybridized carbons (Fsp3) is 0.528. The molecule has 3 amide bonds. The van der Waals surface area contributed by atoms with Crippen LogP contribution in [0.5, 0.6) is 11.5 Å². The van der Waals surface area contributed by atoms with E-state index in [4.69, 9.17) is 18.7 Å². The third-order valence-corrected chi connectivity index (χ3v) is 8.68. The van der Waals surface area contributed by atoms with Crippen LogP contribution in [0.1, 0.15) is 67.4 Å². The number of rotatable bonds is 9. The monoisotopic (exact) mass is 665 g/mol. The second-order valence-corrected chi connectivity index (χ2v) is 12.8. The Morgan fingerprint density at radius 1 is 1.15 bits per heavy atom. The van der Waals surface area contributed by atoms with Crippen molar-refractivity contribution in [3.05, 3.63) is 65.0 Å². The van der Waals surface area contributed by atoms with Crippen LogP contribution < -0.4 is 20.1 Å². The molecule has 262 valence electrons. The Bertz CT molecular complexity index is 1470. The van der Waals surface area contributed by atoms with Gasteiger partial charge in [0.05, 0.1) is 37.5 Å². The van der Waals surface area contributed by atoms with Crippen molar-refractivity contribution in [1.29, 1.82) is 0 Å². The first-order valence-corrected chi connectivity index (χ1v) is 16.7. The van der Waals surface area contributed by atoms with Crippen LogP contribution >= 0.6 is 0 Å². The lowest BCUT2D eigenvalue weighted by molar-refractivity contribution is -0.0177. The summed E-state index contributed by atoms with van der Waals surface area (Å²) in [5.41, 5.74) is 2.92. The van der Waals surface area contributed by atoms with Crippen LogP contribution in [0, 0.1) is 19.8 Å². The van der Waals surface area contributed by atoms with Crippen LogP contribution in [-0.2, 0) is 11.3 Å². The number of hydrogen-bond donors (Lipinski definition) is 3. The lowest BCUT2D eigenvalue weighted by atomic mass is 10.0. The van der Waals surface area contributed by atoms with Crippen molar-refractivity contribution in [2.24, 2.45) is 5.92 Å². The van der Waals surface area contributed by atoms with E-state index in [1.54, 1.807) is 44.1 Å². The zero-order valence-electron chi connectivity index (χ0n) is 29.2. The molecule has 0 aliphatic carbocycles. The minimum absolute atomic E-state index is 0.0605. The van der Waals surface area contributed by atoms with Gasteiger partial charge in [-0.1, -0.05) is 24.2 Å². The standard InChI is InChI=1S/C36H51N5O7/c1-23-19-41(24(2)22-42)35(43)31-18-29(37-36(44)38-34-26(4)39-48-27(34)5)13-16-32(31)47-25(3)10-8-9-17-46-33(23)21-40(6)20-28-11-14-30(45-7)15-12-28/h11-16,18,23-25,33,42H,8-10,17,19-22H2,1-7H3,(H2,37,38,44)/t23-,24+,25+,33-/m0/s1. The van der Waals surface area contributed by atoms with Gasteiger partial charge in [0.25, 0.3) is 5.91 Å². The molecule has 4 atom stereocenters. The minimum Gasteiger partial charge on any atom is -0.497 e. The van der Waals surface area contributed by atoms with Crippen LogP contribution in [0.2, 0.25) is 0 Å². The number of aromatic nitrogens is 1. The first-order valence-electron chi connectivity index (χ1n) is 16.7. The number of aliphatic hydroxyl groups is 1. The molecule has 0 saturated heterocycles. The van der Waals surface area contributed by atoms with Gasteiger partial charge in [-0.2, -0.15) is 0 Å². The number of carbonyl (C=O) groups excluding carboxylic acids is 2. The summed E-state index contributed by atoms with van der Waals surface area (Å²) in [4.78, 5) is 31.2. The quantitative estimate of drug-likeness (QED) is 0.256. The molecule has 0 spiro atoms. The molecule has 12 heteroatoms. The number of nitrogens with one attached hydrogen (secondary N) is 2. The normalized spacial score (nSPS) is 20.0. The molecule has 12 nitrogen and oxygen atoms in total. The van der Waals surface area contributed by atoms with E-state index in [1.165, 1.54) is 0 Å². The number of aryl methyl sites for hydroxylation is 2. The summed E-state index contributed by atoms with van der Waals surface area (Å²) in [6, 6.07) is 12.1. The Morgan fingerprint density at radius 2 is 1.90 bits per heavy atom. The first kappa shape index (κ1) is 36.7. The van der Waals surface area contributed by atoms with Gasteiger partial charge in [-0.05, 0) is 89.9 Å². The van der Waals surface area contributed by atoms with Crippen LogP contribution in [0.4, 0.5) is 16.2 Å². The number of likely N-dealkylation sites (N-methyl/N-ethyl adjacent to an activating group) is 1. The largest absolute Gasteiger partial charge is 0.497 e. The smallest absolute Gasteiger partial charge is 0.323 e. The van der Waals surface area contributed by atoms with Gasteiger partial charge in [-0.3, -0.25) is 9.69 Å². The fourth-order valence-corrected chi connectivity index (χ4v) is 5.81. The van der Waals surface area contributed by atoms with E-state index < -0.39 is 12.1 Å². The lowest BCUT2D eigenvalue weighted by Crippen LogP contribution is -2.47. The van der Waals surface area contributed by atoms with Crippen molar-refractivity contribution >= 4 is 23.3 Å². The zero-order chi connectivity index (χ0) is 34.8. The predicted molar refractivity (Wildman–Crippen MR) is 185 cm³/mol. The summed E-state index contributed by atoms with van der Waals surface area (Å²) in [7, 11) is 3.72. The highest BCUT2D eigenvalue weighted by Gasteiger charge is 2.30. The predicted octanol–water partition coefficient (Wildman–Crippen LogP) is 5.87. The molecule has 0 fully saturated rings. The highest BCUT2D eigenvalue weighted by molar-refractivity contribution is 6.03. The Labute approximate surface area is 283 Å². The molecule has 48 heavy (non-hydrogen) atoms. The van der Waals surface area contributed by atoms with Crippen LogP contribution in [0.15, 0.2) is 47.0 Å². The molecule has 1 aliphatic rings. The lowest BCUT2D eigenvalue weighted by Gasteiger charge is -2.36. The zero-order valence-corrected chi connectivity index (χ0v) is 29.2. The van der Waals surface area contributed by atoms with Gasteiger partial charge in [-0.25, -0.2) is 4.79 Å². The van der Waals surface area contributed by atoms with E-state index in [9.17, 15) is 14.7 Å². The van der Waals surface area contributed by atoms with E-state index in [0.717, 1.165) is 37.1 Å². The molecule has 0 unspecified atom stereocenters. The highest BCUT2D eigenvalue weighted by Crippen LogP contribution is 2.29. The summed E-state index contributed by atoms with van der Waals surface area (Å²) in [5, 5.41) is 19.7. The maximum absolute atomic E-state index is 14.4. The summed E-state index contributed by atoms with van der Waals surface area (Å²) in [6.45, 7) is 11.5. The SMILES string of the molecule is COc1ccc(CN(C)C[C@@H]2OCCCC[C@@H](C)Oc3ccc(NC(=O)Nc4c(C)noc4C)cc3C(=O)N([C@H](C)CO)C[C@@H]2C)cc1. The number of amides is 3. The van der Waals surface area contributed by atoms with Crippen LogP contribution in [0.25, 0.3) is 0 Å². The van der Waals surface area contributed by atoms with Crippen LogP contribution in [0.3, 0.4) is 0 Å². The van der Waals surface area contributed by atoms with Gasteiger partial charge in [0.2, 0.25) is 0 Å². The second-order valence-electron chi connectivity index (χ2n) is 12.8. The molecular formula is C36H51N5O7. The van der Waals surface area contributed by atoms with Gasteiger partial charge < -0.3 is 39.4 Å². The summed E-state index contributed by atoms with van der Waals surface area (Å²) >= 11 is 0. The molecule has 3 aromatic rings. The molecule has 3 N–H and O–H groups in total. The van der Waals surface area contributed by atoms with E-state index in [2.05, 4.69) is 46.8 Å². The maximum Gasteiger partial charge on any atom is 0.323 e. The average Bonchev–Trinajstić information content (AvgIpc) is 3.38. The molecule has 4 rings (SSSR count). The van der Waals surface area contributed by atoms with Crippen molar-refractivity contribution in [1.82, 2.24) is 15.0 Å². The minimum atomic E-state index is -0.500. The van der Waals surface area contributed by atoms with E-state index in [-0.39, 0.29) is 30.6 Å². The third kappa shape index (κ3) is 9.94. The Balaban J connectivity index is 1.58. The molecule has 1 aliphatic heterocycles. The van der Waals surface area contributed by atoms with Crippen molar-refractivity contribution in [3.63, 3.8) is 0 Å². The van der Waals surface area contributed by atoms with Crippen molar-refractivity contribution in [2.45, 2.75) is 78.7 Å². The Hall–Kier alpha value is -4.13. The van der Waals surface area contributed by atoms with E-state index in [1.807, 2.05) is 26.0 Å². The number of nitrogens with zero attached hydrogens (tertiary/aromatic N) is 3. The van der Waals surface area contributed by atoms with Crippen molar-refractivity contribution in [2.75, 3.05) is 51.1 Å². The molecule has 0 saturated carbocycles. The van der Waals surface area contributed by atoms with E-state index in [0.29, 0.717) is 53.8 Å². The van der Waals surface area contributed by atoms with Gasteiger partial charge in [0.1, 0.15) is 22.9 Å². The third-order valence-electron chi connectivity index (χ3n) is 8.68. The summed E-state index contributed by atoms with van der Waals surface area (Å²) < 4.78 is 23.3. The van der Waals surface area contributed by atoms with E-state index >= 15 is 0 Å². The number of carbonyl (C=O) groups is 2. The van der Waals surface area contributed by atoms with Crippen molar-refractivity contribution in [3.8, 4) is 11.5 Å². The number of benzene rings is 2. The van der Waals surface area contributed by atoms with Crippen molar-refractivity contribution < 1.29 is 33.4 Å². The number of fused-ring (bicyclic) bond motifs is 1. The van der Waals surface area contributed by atoms with Gasteiger partial charge in [-0.15, -0.1) is 0 Å². The first-order chi connectivity index (χ1) is 23.0. The molecule has 2 aromatic carbocycles. The number of methoxy groups -OCH3 is 1. The summed E-state index contributed by atoms with van der Waals surface area (Å²) in [5.74, 6) is 1.37. The topological polar surface area (TPSA) is 139 Å². The summed E-state index contributed by atoms with van der Waals surface area (Å²) in [6.07, 6.45) is 2.25. The molecule has 2 heterocycles. The number of ether oxygens (including phenoxy) is 3. The number of aliphatic hydroxyl groups excluding tert-OH is 1. The van der Waals surface area contributed by atoms with Crippen LogP contribution in [-0.4, -0.2) is 90.7 Å². The van der Waals surface area contributed by atoms with Gasteiger partial charge >= 0.3 is 6.03 Å². The fourth-order valence-electron chi connectivity index (χ4n) is 5.81. The Morgan fingerprint density at radius 3 is 2.56 bits per heavy atom. The van der Waals surface area contributed by atoms with Gasteiger partial charge in [0, 0.05) is 37.8 Å². The molecule has 1 aromatic heterocycles. The molecule has 0 radical (unpaired) electrons. The average molecular weight is 666 g/mol. The second kappa shape index (κ2) is 17.3. The molecular weight excluding hydrogens is 614 g/mol. The maximum atomic E-state index is 14.4. The number of hydrogen-bond acceptors (Lipinski definition) is 9.